The van der Waals surface area contributed by atoms with Gasteiger partial charge in [0.2, 0.25) is 17.7 Å². The number of fused-ring (bicyclic) bond motifs is 1. The molecule has 1 aliphatic carbocycles. The quantitative estimate of drug-likeness (QED) is 0.0650. The van der Waals surface area contributed by atoms with Gasteiger partial charge in [0, 0.05) is 51.5 Å². The van der Waals surface area contributed by atoms with E-state index < -0.39 is 30.0 Å². The number of amides is 3. The molecule has 312 valence electrons. The molecule has 1 unspecified atom stereocenters. The molecule has 18 heteroatoms. The highest BCUT2D eigenvalue weighted by Crippen LogP contribution is 2.31. The number of carbonyl (C=O) groups excluding carboxylic acids is 3. The van der Waals surface area contributed by atoms with Crippen molar-refractivity contribution in [1.29, 1.82) is 0 Å². The summed E-state index contributed by atoms with van der Waals surface area (Å²) in [6.07, 6.45) is 5.44. The Kier molecular flexibility index (Phi) is 11.9. The second-order valence-corrected chi connectivity index (χ2v) is 14.9. The Labute approximate surface area is 342 Å². The summed E-state index contributed by atoms with van der Waals surface area (Å²) in [6, 6.07) is 15.6. The largest absolute Gasteiger partial charge is 0.444 e. The number of nitrogens with zero attached hydrogens (tertiary/aromatic N) is 6. The maximum atomic E-state index is 14.0. The summed E-state index contributed by atoms with van der Waals surface area (Å²) in [6.45, 7) is 2.95. The van der Waals surface area contributed by atoms with Crippen molar-refractivity contribution >= 4 is 40.3 Å². The number of aromatic nitrogens is 6. The number of carbonyl (C=O) groups is 3. The highest BCUT2D eigenvalue weighted by Gasteiger charge is 2.31. The summed E-state index contributed by atoms with van der Waals surface area (Å²) in [5, 5.41) is 15.5. The van der Waals surface area contributed by atoms with Crippen LogP contribution in [0.2, 0.25) is 0 Å². The van der Waals surface area contributed by atoms with E-state index >= 15 is 0 Å². The third-order valence-electron chi connectivity index (χ3n) is 10.6. The molecule has 1 aliphatic heterocycles. The van der Waals surface area contributed by atoms with Crippen molar-refractivity contribution in [1.82, 2.24) is 39.5 Å². The number of imidazole rings is 1. The standard InChI is InChI=1S/C42H44F2N10O6/c1-52-37-27(4-2-6-32(37)54(42(52)58)33-13-14-35(55)50-40(33)57)5-3-18-59-19-17-45-21-25-9-11-29(12-10-25)53-23-30(36(51-53)38(43)44)48-39(56)31-24-60-41(49-31)28-15-16-46-34(20-28)47-22-26-7-8-26/h2,4,6,9-12,15-16,20,23-24,26,33,38,45H,3,5,7-8,13-14,17-19,21-22H2,1H3,(H,46,47)(H,48,56)(H,50,55,57). The lowest BCUT2D eigenvalue weighted by Crippen LogP contribution is -2.44. The summed E-state index contributed by atoms with van der Waals surface area (Å²) in [7, 11) is 1.69. The molecule has 2 aromatic carbocycles. The van der Waals surface area contributed by atoms with Crippen molar-refractivity contribution in [3.8, 4) is 17.1 Å². The number of pyridine rings is 1. The van der Waals surface area contributed by atoms with Gasteiger partial charge in [-0.05, 0) is 79.5 Å². The molecule has 4 N–H and O–H groups in total. The molecule has 4 aromatic heterocycles. The normalized spacial score (nSPS) is 15.5. The predicted molar refractivity (Wildman–Crippen MR) is 217 cm³/mol. The van der Waals surface area contributed by atoms with E-state index in [0.29, 0.717) is 61.2 Å². The van der Waals surface area contributed by atoms with Crippen LogP contribution in [0.5, 0.6) is 0 Å². The lowest BCUT2D eigenvalue weighted by atomic mass is 10.0. The highest BCUT2D eigenvalue weighted by atomic mass is 19.3. The Morgan fingerprint density at radius 3 is 2.68 bits per heavy atom. The Hall–Kier alpha value is -6.53. The fourth-order valence-electron chi connectivity index (χ4n) is 7.27. The van der Waals surface area contributed by atoms with E-state index in [4.69, 9.17) is 9.15 Å². The van der Waals surface area contributed by atoms with Gasteiger partial charge >= 0.3 is 5.69 Å². The Bertz CT molecular complexity index is 2580. The van der Waals surface area contributed by atoms with Crippen LogP contribution in [-0.4, -0.2) is 72.9 Å². The summed E-state index contributed by atoms with van der Waals surface area (Å²) in [4.78, 5) is 59.1. The smallest absolute Gasteiger partial charge is 0.329 e. The Morgan fingerprint density at radius 2 is 1.90 bits per heavy atom. The van der Waals surface area contributed by atoms with Crippen molar-refractivity contribution in [3.05, 3.63) is 106 Å². The molecular formula is C42H44F2N10O6. The number of nitrogens with one attached hydrogen (secondary N) is 4. The van der Waals surface area contributed by atoms with Crippen LogP contribution in [0, 0.1) is 5.92 Å². The summed E-state index contributed by atoms with van der Waals surface area (Å²) in [5.41, 5.74) is 3.40. The lowest BCUT2D eigenvalue weighted by Gasteiger charge is -2.21. The second-order valence-electron chi connectivity index (χ2n) is 14.9. The number of anilines is 2. The third kappa shape index (κ3) is 9.03. The maximum Gasteiger partial charge on any atom is 0.329 e. The van der Waals surface area contributed by atoms with Gasteiger partial charge in [-0.15, -0.1) is 0 Å². The van der Waals surface area contributed by atoms with Crippen molar-refractivity contribution < 1.29 is 32.3 Å². The topological polar surface area (TPSA) is 192 Å². The first-order chi connectivity index (χ1) is 29.1. The molecule has 1 saturated heterocycles. The number of oxazole rings is 1. The Balaban J connectivity index is 0.792. The molecule has 5 heterocycles. The average molecular weight is 823 g/mol. The number of ether oxygens (including phenoxy) is 1. The van der Waals surface area contributed by atoms with Gasteiger partial charge in [-0.25, -0.2) is 28.2 Å². The van der Waals surface area contributed by atoms with E-state index in [9.17, 15) is 28.0 Å². The van der Waals surface area contributed by atoms with E-state index in [2.05, 4.69) is 36.3 Å². The van der Waals surface area contributed by atoms with Crippen LogP contribution in [0.1, 0.15) is 71.9 Å². The average Bonchev–Trinajstić information content (AvgIpc) is 3.65. The van der Waals surface area contributed by atoms with Crippen LogP contribution >= 0.6 is 0 Å². The molecule has 8 rings (SSSR count). The van der Waals surface area contributed by atoms with Gasteiger partial charge in [0.25, 0.3) is 12.3 Å². The molecule has 6 aromatic rings. The van der Waals surface area contributed by atoms with Crippen LogP contribution in [-0.2, 0) is 34.3 Å². The summed E-state index contributed by atoms with van der Waals surface area (Å²) >= 11 is 0. The first kappa shape index (κ1) is 40.3. The molecule has 0 bridgehead atoms. The van der Waals surface area contributed by atoms with E-state index in [1.54, 1.807) is 42.1 Å². The van der Waals surface area contributed by atoms with Crippen molar-refractivity contribution in [2.75, 3.05) is 36.9 Å². The van der Waals surface area contributed by atoms with Gasteiger partial charge in [-0.1, -0.05) is 24.3 Å². The molecule has 2 fully saturated rings. The van der Waals surface area contributed by atoms with Gasteiger partial charge < -0.3 is 25.1 Å². The maximum absolute atomic E-state index is 14.0. The number of rotatable bonds is 18. The van der Waals surface area contributed by atoms with Crippen LogP contribution < -0.4 is 27.0 Å². The van der Waals surface area contributed by atoms with Gasteiger partial charge in [-0.3, -0.25) is 28.8 Å². The third-order valence-corrected chi connectivity index (χ3v) is 10.6. The Morgan fingerprint density at radius 1 is 1.07 bits per heavy atom. The van der Waals surface area contributed by atoms with Crippen LogP contribution in [0.3, 0.4) is 0 Å². The molecule has 16 nitrogen and oxygen atoms in total. The zero-order valence-electron chi connectivity index (χ0n) is 32.8. The van der Waals surface area contributed by atoms with E-state index in [1.807, 2.05) is 30.3 Å². The monoisotopic (exact) mass is 822 g/mol. The highest BCUT2D eigenvalue weighted by molar-refractivity contribution is 6.03. The SMILES string of the molecule is Cn1c(=O)n(C2CCC(=O)NC2=O)c2cccc(CCCOCCNCc3ccc(-n4cc(NC(=O)c5coc(-c6ccnc(NCC7CC7)c6)n5)c(C(F)F)n4)cc3)c21. The fourth-order valence-corrected chi connectivity index (χ4v) is 7.27. The number of hydrogen-bond donors (Lipinski definition) is 4. The molecule has 60 heavy (non-hydrogen) atoms. The second kappa shape index (κ2) is 17.8. The molecular weight excluding hydrogens is 779 g/mol. The first-order valence-electron chi connectivity index (χ1n) is 19.9. The summed E-state index contributed by atoms with van der Waals surface area (Å²) in [5.74, 6) is 0.0128. The number of imide groups is 1. The zero-order valence-corrected chi connectivity index (χ0v) is 32.8. The van der Waals surface area contributed by atoms with Crippen LogP contribution in [0.25, 0.3) is 28.2 Å². The van der Waals surface area contributed by atoms with Gasteiger partial charge in [0.15, 0.2) is 11.4 Å². The van der Waals surface area contributed by atoms with Crippen LogP contribution in [0.4, 0.5) is 20.3 Å². The number of alkyl halides is 2. The molecule has 2 aliphatic rings. The van der Waals surface area contributed by atoms with E-state index in [1.165, 1.54) is 34.6 Å². The zero-order chi connectivity index (χ0) is 41.8. The number of benzene rings is 2. The van der Waals surface area contributed by atoms with Gasteiger partial charge in [0.1, 0.15) is 18.1 Å². The molecule has 1 saturated carbocycles. The summed E-state index contributed by atoms with van der Waals surface area (Å²) < 4.78 is 43.8. The lowest BCUT2D eigenvalue weighted by molar-refractivity contribution is -0.135. The van der Waals surface area contributed by atoms with Crippen molar-refractivity contribution in [3.63, 3.8) is 0 Å². The number of halogens is 2. The van der Waals surface area contributed by atoms with E-state index in [-0.39, 0.29) is 41.7 Å². The molecule has 1 atom stereocenters. The molecule has 0 spiro atoms. The molecule has 0 radical (unpaired) electrons. The minimum absolute atomic E-state index is 0.0760. The van der Waals surface area contributed by atoms with Crippen LogP contribution in [0.15, 0.2) is 82.5 Å². The van der Waals surface area contributed by atoms with Gasteiger partial charge in [0.05, 0.1) is 35.2 Å². The number of para-hydroxylation sites is 1. The minimum atomic E-state index is -2.94. The fraction of sp³-hybridized carbons (Fsp3) is 0.357. The first-order valence-corrected chi connectivity index (χ1v) is 19.9. The van der Waals surface area contributed by atoms with Crippen molar-refractivity contribution in [2.45, 2.75) is 57.5 Å². The minimum Gasteiger partial charge on any atom is -0.444 e. The predicted octanol–water partition coefficient (Wildman–Crippen LogP) is 5.30. The number of hydrogen-bond acceptors (Lipinski definition) is 11. The van der Waals surface area contributed by atoms with Crippen molar-refractivity contribution in [2.24, 2.45) is 13.0 Å². The number of piperidine rings is 1. The number of aryl methyl sites for hydroxylation is 2. The van der Waals surface area contributed by atoms with E-state index in [0.717, 1.165) is 29.6 Å². The molecule has 3 amide bonds. The van der Waals surface area contributed by atoms with Gasteiger partial charge in [-0.2, -0.15) is 5.10 Å².